The minimum absolute atomic E-state index is 0.0871. The molecule has 3 aromatic rings. The highest BCUT2D eigenvalue weighted by Gasteiger charge is 2.48. The van der Waals surface area contributed by atoms with Crippen molar-refractivity contribution in [2.45, 2.75) is 63.7 Å². The van der Waals surface area contributed by atoms with Crippen molar-refractivity contribution < 1.29 is 19.1 Å². The number of nitrogens with one attached hydrogen (secondary N) is 1. The maximum atomic E-state index is 13.9. The van der Waals surface area contributed by atoms with Gasteiger partial charge in [-0.1, -0.05) is 25.3 Å². The second-order valence-corrected chi connectivity index (χ2v) is 10.4. The number of thiophene rings is 1. The first-order valence-corrected chi connectivity index (χ1v) is 12.7. The molecule has 1 aliphatic heterocycles. The SMILES string of the molecule is COc1ccc(CN2C(=O)c3cc4sccc4n3C[C@]2(C)C(=O)NC2CCCCC2)cc1OC. The molecule has 1 saturated carbocycles. The second-order valence-electron chi connectivity index (χ2n) is 9.45. The average Bonchev–Trinajstić information content (AvgIpc) is 3.44. The van der Waals surface area contributed by atoms with Crippen molar-refractivity contribution >= 4 is 33.4 Å². The van der Waals surface area contributed by atoms with Crippen molar-refractivity contribution in [3.8, 4) is 11.5 Å². The maximum absolute atomic E-state index is 13.9. The van der Waals surface area contributed by atoms with Crippen molar-refractivity contribution in [2.75, 3.05) is 14.2 Å². The second kappa shape index (κ2) is 8.98. The van der Waals surface area contributed by atoms with Gasteiger partial charge in [-0.25, -0.2) is 0 Å². The summed E-state index contributed by atoms with van der Waals surface area (Å²) in [5, 5.41) is 5.31. The normalized spacial score (nSPS) is 20.9. The van der Waals surface area contributed by atoms with E-state index in [1.54, 1.807) is 30.5 Å². The molecule has 3 heterocycles. The van der Waals surface area contributed by atoms with Crippen LogP contribution in [0, 0.1) is 0 Å². The van der Waals surface area contributed by atoms with Crippen LogP contribution < -0.4 is 14.8 Å². The van der Waals surface area contributed by atoms with Gasteiger partial charge in [-0.05, 0) is 55.0 Å². The van der Waals surface area contributed by atoms with Crippen LogP contribution in [0.1, 0.15) is 55.1 Å². The molecular weight excluding hydrogens is 450 g/mol. The molecule has 2 aliphatic rings. The van der Waals surface area contributed by atoms with Crippen molar-refractivity contribution in [3.63, 3.8) is 0 Å². The number of methoxy groups -OCH3 is 2. The molecule has 0 bridgehead atoms. The number of amides is 2. The van der Waals surface area contributed by atoms with Crippen molar-refractivity contribution in [3.05, 3.63) is 47.0 Å². The summed E-state index contributed by atoms with van der Waals surface area (Å²) < 4.78 is 13.9. The van der Waals surface area contributed by atoms with Gasteiger partial charge in [0.25, 0.3) is 5.91 Å². The lowest BCUT2D eigenvalue weighted by atomic mass is 9.91. The molecule has 2 amide bonds. The van der Waals surface area contributed by atoms with Gasteiger partial charge in [-0.2, -0.15) is 0 Å². The number of carbonyl (C=O) groups excluding carboxylic acids is 2. The summed E-state index contributed by atoms with van der Waals surface area (Å²) in [4.78, 5) is 29.4. The topological polar surface area (TPSA) is 72.8 Å². The smallest absolute Gasteiger partial charge is 0.271 e. The first-order chi connectivity index (χ1) is 16.4. The molecule has 180 valence electrons. The minimum Gasteiger partial charge on any atom is -0.493 e. The van der Waals surface area contributed by atoms with Gasteiger partial charge in [0.15, 0.2) is 11.5 Å². The third kappa shape index (κ3) is 3.83. The monoisotopic (exact) mass is 481 g/mol. The Hall–Kier alpha value is -3.00. The van der Waals surface area contributed by atoms with Crippen LogP contribution in [0.4, 0.5) is 0 Å². The zero-order valence-corrected chi connectivity index (χ0v) is 20.7. The summed E-state index contributed by atoms with van der Waals surface area (Å²) in [6.07, 6.45) is 5.47. The molecule has 5 rings (SSSR count). The Labute approximate surface area is 203 Å². The van der Waals surface area contributed by atoms with E-state index in [2.05, 4.69) is 5.32 Å². The van der Waals surface area contributed by atoms with E-state index < -0.39 is 5.54 Å². The van der Waals surface area contributed by atoms with E-state index in [1.807, 2.05) is 47.2 Å². The predicted molar refractivity (Wildman–Crippen MR) is 133 cm³/mol. The lowest BCUT2D eigenvalue weighted by Gasteiger charge is -2.45. The van der Waals surface area contributed by atoms with Crippen molar-refractivity contribution in [1.29, 1.82) is 0 Å². The van der Waals surface area contributed by atoms with Gasteiger partial charge in [-0.15, -0.1) is 11.3 Å². The van der Waals surface area contributed by atoms with E-state index in [0.29, 0.717) is 30.3 Å². The quantitative estimate of drug-likeness (QED) is 0.559. The zero-order valence-electron chi connectivity index (χ0n) is 19.9. The van der Waals surface area contributed by atoms with Crippen molar-refractivity contribution in [2.24, 2.45) is 0 Å². The van der Waals surface area contributed by atoms with Crippen LogP contribution in [-0.2, 0) is 17.9 Å². The number of hydrogen-bond acceptors (Lipinski definition) is 5. The van der Waals surface area contributed by atoms with Crippen molar-refractivity contribution in [1.82, 2.24) is 14.8 Å². The Bertz CT molecular complexity index is 1230. The fourth-order valence-corrected chi connectivity index (χ4v) is 6.09. The summed E-state index contributed by atoms with van der Waals surface area (Å²) in [5.74, 6) is 1.01. The maximum Gasteiger partial charge on any atom is 0.271 e. The number of benzene rings is 1. The number of fused-ring (bicyclic) bond motifs is 3. The molecule has 2 aromatic heterocycles. The molecule has 8 heteroatoms. The van der Waals surface area contributed by atoms with Gasteiger partial charge >= 0.3 is 0 Å². The van der Waals surface area contributed by atoms with Crippen LogP contribution in [0.3, 0.4) is 0 Å². The number of rotatable bonds is 6. The summed E-state index contributed by atoms with van der Waals surface area (Å²) in [7, 11) is 3.19. The van der Waals surface area contributed by atoms with Gasteiger partial charge in [0.2, 0.25) is 5.91 Å². The highest BCUT2D eigenvalue weighted by molar-refractivity contribution is 7.17. The number of nitrogens with zero attached hydrogens (tertiary/aromatic N) is 2. The summed E-state index contributed by atoms with van der Waals surface area (Å²) in [6, 6.07) is 9.77. The van der Waals surface area contributed by atoms with Gasteiger partial charge in [0.05, 0.1) is 31.0 Å². The van der Waals surface area contributed by atoms with E-state index in [9.17, 15) is 9.59 Å². The molecule has 1 N–H and O–H groups in total. The summed E-state index contributed by atoms with van der Waals surface area (Å²) in [6.45, 7) is 2.61. The van der Waals surface area contributed by atoms with Crippen LogP contribution in [0.2, 0.25) is 0 Å². The van der Waals surface area contributed by atoms with E-state index in [4.69, 9.17) is 9.47 Å². The van der Waals surface area contributed by atoms with Crippen LogP contribution in [0.15, 0.2) is 35.7 Å². The molecule has 0 saturated heterocycles. The number of hydrogen-bond donors (Lipinski definition) is 1. The van der Waals surface area contributed by atoms with Gasteiger partial charge in [0.1, 0.15) is 11.2 Å². The Balaban J connectivity index is 1.52. The third-order valence-corrected chi connectivity index (χ3v) is 8.12. The van der Waals surface area contributed by atoms with Crippen LogP contribution in [0.25, 0.3) is 10.2 Å². The lowest BCUT2D eigenvalue weighted by Crippen LogP contribution is -2.64. The van der Waals surface area contributed by atoms with E-state index >= 15 is 0 Å². The standard InChI is InChI=1S/C26H31N3O4S/c1-26(25(31)27-18-7-5-4-6-8-18)16-28-19-11-12-34-23(19)14-20(28)24(30)29(26)15-17-9-10-21(32-2)22(13-17)33-3/h9-14,18H,4-8,15-16H2,1-3H3,(H,27,31)/t26-/m1/s1. The molecule has 0 radical (unpaired) electrons. The molecular formula is C26H31N3O4S. The first-order valence-electron chi connectivity index (χ1n) is 11.8. The van der Waals surface area contributed by atoms with Crippen LogP contribution >= 0.6 is 11.3 Å². The van der Waals surface area contributed by atoms with Gasteiger partial charge in [0, 0.05) is 12.6 Å². The summed E-state index contributed by atoms with van der Waals surface area (Å²) in [5.41, 5.74) is 1.49. The average molecular weight is 482 g/mol. The highest BCUT2D eigenvalue weighted by Crippen LogP contribution is 2.36. The number of carbonyl (C=O) groups is 2. The molecule has 1 aliphatic carbocycles. The van der Waals surface area contributed by atoms with Gasteiger partial charge in [-0.3, -0.25) is 9.59 Å². The minimum atomic E-state index is -1.03. The number of aromatic nitrogens is 1. The Kier molecular flexibility index (Phi) is 6.02. The van der Waals surface area contributed by atoms with E-state index in [1.165, 1.54) is 6.42 Å². The molecule has 0 spiro atoms. The predicted octanol–water partition coefficient (Wildman–Crippen LogP) is 4.58. The Morgan fingerprint density at radius 3 is 2.62 bits per heavy atom. The molecule has 0 unspecified atom stereocenters. The molecule has 1 fully saturated rings. The van der Waals surface area contributed by atoms with Crippen LogP contribution in [-0.4, -0.2) is 47.1 Å². The Morgan fingerprint density at radius 1 is 1.12 bits per heavy atom. The fraction of sp³-hybridized carbons (Fsp3) is 0.462. The van der Waals surface area contributed by atoms with E-state index in [0.717, 1.165) is 41.5 Å². The van der Waals surface area contributed by atoms with E-state index in [-0.39, 0.29) is 17.9 Å². The molecule has 1 aromatic carbocycles. The number of ether oxygens (including phenoxy) is 2. The summed E-state index contributed by atoms with van der Waals surface area (Å²) >= 11 is 1.61. The highest BCUT2D eigenvalue weighted by atomic mass is 32.1. The molecule has 1 atom stereocenters. The zero-order chi connectivity index (χ0) is 23.9. The van der Waals surface area contributed by atoms with Gasteiger partial charge < -0.3 is 24.3 Å². The molecule has 7 nitrogen and oxygen atoms in total. The Morgan fingerprint density at radius 2 is 1.88 bits per heavy atom. The third-order valence-electron chi connectivity index (χ3n) is 7.27. The first kappa shape index (κ1) is 22.8. The van der Waals surface area contributed by atoms with Crippen LogP contribution in [0.5, 0.6) is 11.5 Å². The fourth-order valence-electron chi connectivity index (χ4n) is 5.27. The lowest BCUT2D eigenvalue weighted by molar-refractivity contribution is -0.134. The largest absolute Gasteiger partial charge is 0.493 e. The molecule has 34 heavy (non-hydrogen) atoms.